The zero-order valence-electron chi connectivity index (χ0n) is 10.9. The van der Waals surface area contributed by atoms with Gasteiger partial charge in [-0.15, -0.1) is 11.3 Å². The Morgan fingerprint density at radius 2 is 1.61 bits per heavy atom. The van der Waals surface area contributed by atoms with Crippen LogP contribution in [-0.4, -0.2) is 13.1 Å². The Bertz CT molecular complexity index is 506. The van der Waals surface area contributed by atoms with Gasteiger partial charge in [-0.1, -0.05) is 12.1 Å². The van der Waals surface area contributed by atoms with E-state index in [0.29, 0.717) is 0 Å². The Morgan fingerprint density at radius 3 is 2.22 bits per heavy atom. The second kappa shape index (κ2) is 5.15. The fraction of sp³-hybridized carbons (Fsp3) is 0.375. The lowest BCUT2D eigenvalue weighted by Gasteiger charge is -2.28. The highest BCUT2D eigenvalue weighted by molar-refractivity contribution is 7.15. The van der Waals surface area contributed by atoms with Gasteiger partial charge < -0.3 is 4.90 Å². The van der Waals surface area contributed by atoms with Crippen molar-refractivity contribution < 1.29 is 0 Å². The first kappa shape index (κ1) is 11.8. The van der Waals surface area contributed by atoms with Gasteiger partial charge in [-0.05, 0) is 56.0 Å². The molecule has 1 saturated heterocycles. The van der Waals surface area contributed by atoms with E-state index >= 15 is 0 Å². The van der Waals surface area contributed by atoms with E-state index in [9.17, 15) is 0 Å². The molecule has 3 rings (SSSR count). The minimum atomic E-state index is 1.22. The molecule has 1 aliphatic heterocycles. The summed E-state index contributed by atoms with van der Waals surface area (Å²) in [5, 5.41) is 0. The molecule has 0 amide bonds. The van der Waals surface area contributed by atoms with Crippen LogP contribution in [0.5, 0.6) is 0 Å². The lowest BCUT2D eigenvalue weighted by molar-refractivity contribution is 0.578. The summed E-state index contributed by atoms with van der Waals surface area (Å²) in [6, 6.07) is 13.5. The second-order valence-corrected chi connectivity index (χ2v) is 6.29. The van der Waals surface area contributed by atoms with Gasteiger partial charge in [0.05, 0.1) is 0 Å². The molecule has 1 aromatic heterocycles. The lowest BCUT2D eigenvalue weighted by atomic mass is 10.1. The molecule has 1 aliphatic rings. The summed E-state index contributed by atoms with van der Waals surface area (Å²) in [6.07, 6.45) is 4.07. The van der Waals surface area contributed by atoms with E-state index in [1.165, 1.54) is 53.4 Å². The Labute approximate surface area is 113 Å². The Hall–Kier alpha value is -1.28. The molecule has 1 aromatic carbocycles. The van der Waals surface area contributed by atoms with Crippen molar-refractivity contribution in [3.05, 3.63) is 41.3 Å². The van der Waals surface area contributed by atoms with Gasteiger partial charge in [0, 0.05) is 28.5 Å². The maximum Gasteiger partial charge on any atom is 0.0366 e. The van der Waals surface area contributed by atoms with Crippen LogP contribution < -0.4 is 4.90 Å². The van der Waals surface area contributed by atoms with Crippen molar-refractivity contribution in [2.24, 2.45) is 0 Å². The summed E-state index contributed by atoms with van der Waals surface area (Å²) in [5.41, 5.74) is 2.72. The summed E-state index contributed by atoms with van der Waals surface area (Å²) in [5.74, 6) is 0. The predicted octanol–water partition coefficient (Wildman–Crippen LogP) is 4.71. The van der Waals surface area contributed by atoms with E-state index in [-0.39, 0.29) is 0 Å². The van der Waals surface area contributed by atoms with Gasteiger partial charge in [0.15, 0.2) is 0 Å². The molecule has 18 heavy (non-hydrogen) atoms. The number of aryl methyl sites for hydroxylation is 1. The molecule has 0 aliphatic carbocycles. The highest BCUT2D eigenvalue weighted by Crippen LogP contribution is 2.29. The zero-order valence-corrected chi connectivity index (χ0v) is 11.7. The molecule has 2 heterocycles. The number of piperidine rings is 1. The summed E-state index contributed by atoms with van der Waals surface area (Å²) in [7, 11) is 0. The first-order valence-electron chi connectivity index (χ1n) is 6.75. The minimum absolute atomic E-state index is 1.22. The van der Waals surface area contributed by atoms with Crippen LogP contribution in [0.3, 0.4) is 0 Å². The summed E-state index contributed by atoms with van der Waals surface area (Å²) < 4.78 is 0. The van der Waals surface area contributed by atoms with E-state index in [1.54, 1.807) is 0 Å². The number of rotatable bonds is 2. The van der Waals surface area contributed by atoms with Crippen molar-refractivity contribution in [3.63, 3.8) is 0 Å². The van der Waals surface area contributed by atoms with Gasteiger partial charge in [-0.2, -0.15) is 0 Å². The molecule has 2 heteroatoms. The summed E-state index contributed by atoms with van der Waals surface area (Å²) in [4.78, 5) is 5.26. The highest BCUT2D eigenvalue weighted by atomic mass is 32.1. The normalized spacial score (nSPS) is 15.9. The minimum Gasteiger partial charge on any atom is -0.372 e. The molecule has 0 spiro atoms. The number of anilines is 1. The number of thiophene rings is 1. The average molecular weight is 257 g/mol. The van der Waals surface area contributed by atoms with Crippen molar-refractivity contribution in [1.29, 1.82) is 0 Å². The van der Waals surface area contributed by atoms with Gasteiger partial charge >= 0.3 is 0 Å². The molecule has 0 bridgehead atoms. The van der Waals surface area contributed by atoms with Crippen LogP contribution in [-0.2, 0) is 0 Å². The van der Waals surface area contributed by atoms with Crippen LogP contribution >= 0.6 is 11.3 Å². The van der Waals surface area contributed by atoms with E-state index in [0.717, 1.165) is 0 Å². The summed E-state index contributed by atoms with van der Waals surface area (Å²) in [6.45, 7) is 4.60. The van der Waals surface area contributed by atoms with Crippen molar-refractivity contribution >= 4 is 17.0 Å². The topological polar surface area (TPSA) is 3.24 Å². The number of hydrogen-bond acceptors (Lipinski definition) is 2. The molecule has 0 radical (unpaired) electrons. The molecule has 0 saturated carbocycles. The van der Waals surface area contributed by atoms with Crippen molar-refractivity contribution in [1.82, 2.24) is 0 Å². The van der Waals surface area contributed by atoms with Crippen molar-refractivity contribution in [2.45, 2.75) is 26.2 Å². The fourth-order valence-corrected chi connectivity index (χ4v) is 3.45. The first-order valence-corrected chi connectivity index (χ1v) is 7.56. The predicted molar refractivity (Wildman–Crippen MR) is 80.6 cm³/mol. The van der Waals surface area contributed by atoms with Crippen LogP contribution in [0.25, 0.3) is 10.4 Å². The van der Waals surface area contributed by atoms with Gasteiger partial charge in [0.2, 0.25) is 0 Å². The van der Waals surface area contributed by atoms with Crippen LogP contribution in [0.4, 0.5) is 5.69 Å². The molecule has 0 unspecified atom stereocenters. The Morgan fingerprint density at radius 1 is 0.889 bits per heavy atom. The highest BCUT2D eigenvalue weighted by Gasteiger charge is 2.10. The van der Waals surface area contributed by atoms with Gasteiger partial charge in [0.25, 0.3) is 0 Å². The number of benzene rings is 1. The largest absolute Gasteiger partial charge is 0.372 e. The molecule has 2 aromatic rings. The quantitative estimate of drug-likeness (QED) is 0.753. The van der Waals surface area contributed by atoms with Gasteiger partial charge in [-0.3, -0.25) is 0 Å². The fourth-order valence-electron chi connectivity index (χ4n) is 2.58. The van der Waals surface area contributed by atoms with E-state index in [1.807, 2.05) is 11.3 Å². The van der Waals surface area contributed by atoms with Crippen LogP contribution in [0.15, 0.2) is 36.4 Å². The second-order valence-electron chi connectivity index (χ2n) is 5.00. The smallest absolute Gasteiger partial charge is 0.0366 e. The van der Waals surface area contributed by atoms with Gasteiger partial charge in [0.1, 0.15) is 0 Å². The zero-order chi connectivity index (χ0) is 12.4. The Balaban J connectivity index is 1.80. The number of hydrogen-bond donors (Lipinski definition) is 0. The maximum absolute atomic E-state index is 2.51. The number of nitrogens with zero attached hydrogens (tertiary/aromatic N) is 1. The molecular weight excluding hydrogens is 238 g/mol. The molecule has 0 N–H and O–H groups in total. The van der Waals surface area contributed by atoms with E-state index < -0.39 is 0 Å². The van der Waals surface area contributed by atoms with Gasteiger partial charge in [-0.25, -0.2) is 0 Å². The lowest BCUT2D eigenvalue weighted by Crippen LogP contribution is -2.29. The molecule has 1 nitrogen and oxygen atoms in total. The molecule has 0 atom stereocenters. The molecular formula is C16H19NS. The van der Waals surface area contributed by atoms with Crippen molar-refractivity contribution in [2.75, 3.05) is 18.0 Å². The van der Waals surface area contributed by atoms with E-state index in [4.69, 9.17) is 0 Å². The van der Waals surface area contributed by atoms with Crippen LogP contribution in [0.1, 0.15) is 24.1 Å². The first-order chi connectivity index (χ1) is 8.83. The third-order valence-electron chi connectivity index (χ3n) is 3.61. The summed E-state index contributed by atoms with van der Waals surface area (Å²) >= 11 is 1.87. The van der Waals surface area contributed by atoms with Crippen molar-refractivity contribution in [3.8, 4) is 10.4 Å². The third kappa shape index (κ3) is 2.44. The average Bonchev–Trinajstić information content (AvgIpc) is 2.87. The maximum atomic E-state index is 2.51. The monoisotopic (exact) mass is 257 g/mol. The Kier molecular flexibility index (Phi) is 3.37. The van der Waals surface area contributed by atoms with E-state index in [2.05, 4.69) is 48.2 Å². The SMILES string of the molecule is Cc1ccc(-c2ccc(N3CCCCC3)cc2)s1. The van der Waals surface area contributed by atoms with Crippen LogP contribution in [0.2, 0.25) is 0 Å². The standard InChI is InChI=1S/C16H19NS/c1-13-5-10-16(18-13)14-6-8-15(9-7-14)17-11-3-2-4-12-17/h5-10H,2-4,11-12H2,1H3. The third-order valence-corrected chi connectivity index (χ3v) is 4.66. The molecule has 94 valence electrons. The molecule has 1 fully saturated rings. The van der Waals surface area contributed by atoms with Crippen LogP contribution in [0, 0.1) is 6.92 Å².